The van der Waals surface area contributed by atoms with Crippen LogP contribution < -0.4 is 5.73 Å². The number of hydrogen-bond acceptors (Lipinski definition) is 4. The Balaban J connectivity index is 1.63. The van der Waals surface area contributed by atoms with Crippen LogP contribution in [0.15, 0.2) is 59.5 Å². The van der Waals surface area contributed by atoms with Crippen LogP contribution in [0.25, 0.3) is 0 Å². The van der Waals surface area contributed by atoms with Gasteiger partial charge in [0.05, 0.1) is 11.3 Å². The van der Waals surface area contributed by atoms with Gasteiger partial charge in [-0.25, -0.2) is 0 Å². The summed E-state index contributed by atoms with van der Waals surface area (Å²) in [5, 5.41) is 0. The van der Waals surface area contributed by atoms with Crippen molar-refractivity contribution in [3.05, 3.63) is 65.7 Å². The number of rotatable bonds is 6. The number of carbonyl (C=O) groups is 2. The molecule has 0 unspecified atom stereocenters. The molecule has 142 valence electrons. The normalized spacial score (nSPS) is 15.3. The zero-order chi connectivity index (χ0) is 19.1. The number of amides is 2. The number of nitrogens with zero attached hydrogens (tertiary/aromatic N) is 2. The van der Waals surface area contributed by atoms with Crippen LogP contribution in [0.2, 0.25) is 0 Å². The number of thioether (sulfide) groups is 1. The SMILES string of the molecule is NC(=O)CSc1ccccc1C(=O)N1CCCN(Cc2ccccc2)CC1. The van der Waals surface area contributed by atoms with Gasteiger partial charge in [-0.2, -0.15) is 0 Å². The van der Waals surface area contributed by atoms with Crippen molar-refractivity contribution in [2.24, 2.45) is 5.73 Å². The summed E-state index contributed by atoms with van der Waals surface area (Å²) in [6, 6.07) is 17.9. The Kier molecular flexibility index (Phi) is 6.90. The van der Waals surface area contributed by atoms with E-state index in [1.54, 1.807) is 0 Å². The molecule has 2 N–H and O–H groups in total. The van der Waals surface area contributed by atoms with Crippen molar-refractivity contribution < 1.29 is 9.59 Å². The summed E-state index contributed by atoms with van der Waals surface area (Å²) in [6.07, 6.45) is 0.954. The largest absolute Gasteiger partial charge is 0.369 e. The number of nitrogens with two attached hydrogens (primary N) is 1. The first-order valence-electron chi connectivity index (χ1n) is 9.19. The van der Waals surface area contributed by atoms with Crippen LogP contribution in [0.5, 0.6) is 0 Å². The van der Waals surface area contributed by atoms with E-state index < -0.39 is 0 Å². The van der Waals surface area contributed by atoms with Gasteiger partial charge in [0, 0.05) is 37.6 Å². The van der Waals surface area contributed by atoms with Crippen molar-refractivity contribution in [3.63, 3.8) is 0 Å². The average molecular weight is 384 g/mol. The van der Waals surface area contributed by atoms with Gasteiger partial charge in [0.1, 0.15) is 0 Å². The Morgan fingerprint density at radius 3 is 2.44 bits per heavy atom. The fraction of sp³-hybridized carbons (Fsp3) is 0.333. The Labute approximate surface area is 164 Å². The quantitative estimate of drug-likeness (QED) is 0.779. The second-order valence-corrected chi connectivity index (χ2v) is 7.68. The minimum atomic E-state index is -0.381. The Hall–Kier alpha value is -2.31. The maximum atomic E-state index is 13.1. The molecule has 1 aliphatic heterocycles. The lowest BCUT2D eigenvalue weighted by molar-refractivity contribution is -0.115. The molecule has 0 atom stereocenters. The van der Waals surface area contributed by atoms with E-state index in [0.717, 1.165) is 37.5 Å². The lowest BCUT2D eigenvalue weighted by atomic mass is 10.2. The highest BCUT2D eigenvalue weighted by Gasteiger charge is 2.22. The molecule has 6 heteroatoms. The van der Waals surface area contributed by atoms with Crippen LogP contribution in [0.4, 0.5) is 0 Å². The summed E-state index contributed by atoms with van der Waals surface area (Å²) >= 11 is 1.32. The first-order valence-corrected chi connectivity index (χ1v) is 10.2. The predicted molar refractivity (Wildman–Crippen MR) is 109 cm³/mol. The highest BCUT2D eigenvalue weighted by Crippen LogP contribution is 2.24. The van der Waals surface area contributed by atoms with Crippen molar-refractivity contribution in [3.8, 4) is 0 Å². The number of benzene rings is 2. The van der Waals surface area contributed by atoms with E-state index in [4.69, 9.17) is 5.73 Å². The zero-order valence-corrected chi connectivity index (χ0v) is 16.2. The van der Waals surface area contributed by atoms with E-state index in [1.807, 2.05) is 35.2 Å². The summed E-state index contributed by atoms with van der Waals surface area (Å²) in [5.41, 5.74) is 7.20. The van der Waals surface area contributed by atoms with Gasteiger partial charge in [0.2, 0.25) is 5.91 Å². The van der Waals surface area contributed by atoms with Crippen LogP contribution >= 0.6 is 11.8 Å². The molecule has 27 heavy (non-hydrogen) atoms. The van der Waals surface area contributed by atoms with Gasteiger partial charge in [-0.05, 0) is 24.1 Å². The van der Waals surface area contributed by atoms with Gasteiger partial charge in [0.25, 0.3) is 5.91 Å². The topological polar surface area (TPSA) is 66.6 Å². The fourth-order valence-corrected chi connectivity index (χ4v) is 4.05. The van der Waals surface area contributed by atoms with E-state index in [-0.39, 0.29) is 17.6 Å². The molecule has 5 nitrogen and oxygen atoms in total. The molecule has 1 fully saturated rings. The van der Waals surface area contributed by atoms with E-state index in [2.05, 4.69) is 29.2 Å². The second kappa shape index (κ2) is 9.58. The first kappa shape index (κ1) is 19.5. The first-order chi connectivity index (χ1) is 13.1. The maximum absolute atomic E-state index is 13.1. The van der Waals surface area contributed by atoms with Gasteiger partial charge in [0.15, 0.2) is 0 Å². The summed E-state index contributed by atoms with van der Waals surface area (Å²) < 4.78 is 0. The third-order valence-corrected chi connectivity index (χ3v) is 5.71. The Morgan fingerprint density at radius 2 is 1.67 bits per heavy atom. The highest BCUT2D eigenvalue weighted by atomic mass is 32.2. The third-order valence-electron chi connectivity index (χ3n) is 4.61. The molecule has 0 bridgehead atoms. The standard InChI is InChI=1S/C21H25N3O2S/c22-20(25)16-27-19-10-5-4-9-18(19)21(26)24-12-6-11-23(13-14-24)15-17-7-2-1-3-8-17/h1-5,7-10H,6,11-16H2,(H2,22,25). The van der Waals surface area contributed by atoms with Crippen molar-refractivity contribution >= 4 is 23.6 Å². The minimum Gasteiger partial charge on any atom is -0.369 e. The predicted octanol–water partition coefficient (Wildman–Crippen LogP) is 2.61. The fourth-order valence-electron chi connectivity index (χ4n) is 3.26. The molecule has 0 radical (unpaired) electrons. The van der Waals surface area contributed by atoms with Crippen molar-refractivity contribution in [2.45, 2.75) is 17.9 Å². The van der Waals surface area contributed by atoms with Gasteiger partial charge in [-0.1, -0.05) is 42.5 Å². The zero-order valence-electron chi connectivity index (χ0n) is 15.3. The molecular formula is C21H25N3O2S. The Bertz CT molecular complexity index is 782. The van der Waals surface area contributed by atoms with E-state index in [9.17, 15) is 9.59 Å². The van der Waals surface area contributed by atoms with Crippen molar-refractivity contribution in [1.82, 2.24) is 9.80 Å². The molecule has 3 rings (SSSR count). The minimum absolute atomic E-state index is 0.0316. The van der Waals surface area contributed by atoms with Crippen LogP contribution in [0.1, 0.15) is 22.3 Å². The van der Waals surface area contributed by atoms with Crippen LogP contribution in [-0.2, 0) is 11.3 Å². The molecule has 0 saturated carbocycles. The lowest BCUT2D eigenvalue weighted by Crippen LogP contribution is -2.35. The molecule has 0 spiro atoms. The van der Waals surface area contributed by atoms with Crippen molar-refractivity contribution in [2.75, 3.05) is 31.9 Å². The average Bonchev–Trinajstić information content (AvgIpc) is 2.92. The second-order valence-electron chi connectivity index (χ2n) is 6.66. The molecule has 2 aromatic rings. The monoisotopic (exact) mass is 383 g/mol. The van der Waals surface area contributed by atoms with Gasteiger partial charge in [-0.3, -0.25) is 14.5 Å². The number of carbonyl (C=O) groups excluding carboxylic acids is 2. The summed E-state index contributed by atoms with van der Waals surface area (Å²) in [7, 11) is 0. The maximum Gasteiger partial charge on any atom is 0.255 e. The van der Waals surface area contributed by atoms with Crippen LogP contribution in [-0.4, -0.2) is 53.5 Å². The Morgan fingerprint density at radius 1 is 0.926 bits per heavy atom. The highest BCUT2D eigenvalue weighted by molar-refractivity contribution is 8.00. The summed E-state index contributed by atoms with van der Waals surface area (Å²) in [5.74, 6) is -0.174. The van der Waals surface area contributed by atoms with Gasteiger partial charge in [-0.15, -0.1) is 11.8 Å². The molecule has 0 aromatic heterocycles. The van der Waals surface area contributed by atoms with Crippen LogP contribution in [0, 0.1) is 0 Å². The molecule has 1 saturated heterocycles. The summed E-state index contributed by atoms with van der Waals surface area (Å²) in [6.45, 7) is 4.21. The molecule has 1 heterocycles. The van der Waals surface area contributed by atoms with Crippen molar-refractivity contribution in [1.29, 1.82) is 0 Å². The van der Waals surface area contributed by atoms with Gasteiger partial charge < -0.3 is 10.6 Å². The number of primary amides is 1. The third kappa shape index (κ3) is 5.58. The van der Waals surface area contributed by atoms with Gasteiger partial charge >= 0.3 is 0 Å². The summed E-state index contributed by atoms with van der Waals surface area (Å²) in [4.78, 5) is 29.3. The number of hydrogen-bond donors (Lipinski definition) is 1. The molecule has 2 amide bonds. The molecule has 1 aliphatic rings. The lowest BCUT2D eigenvalue weighted by Gasteiger charge is -2.23. The van der Waals surface area contributed by atoms with E-state index in [1.165, 1.54) is 17.3 Å². The smallest absolute Gasteiger partial charge is 0.255 e. The molecule has 0 aliphatic carbocycles. The van der Waals surface area contributed by atoms with E-state index >= 15 is 0 Å². The molecular weight excluding hydrogens is 358 g/mol. The van der Waals surface area contributed by atoms with Crippen LogP contribution in [0.3, 0.4) is 0 Å². The van der Waals surface area contributed by atoms with E-state index in [0.29, 0.717) is 12.1 Å². The molecule has 2 aromatic carbocycles.